The van der Waals surface area contributed by atoms with E-state index in [0.29, 0.717) is 6.04 Å². The molecular formula is C19H23N. The maximum absolute atomic E-state index is 3.75. The Bertz CT molecular complexity index is 595. The predicted octanol–water partition coefficient (Wildman–Crippen LogP) is 5.12. The number of benzene rings is 2. The second-order valence-electron chi connectivity index (χ2n) is 6.63. The Labute approximate surface area is 122 Å². The minimum absolute atomic E-state index is 0.277. The van der Waals surface area contributed by atoms with Gasteiger partial charge in [0.05, 0.1) is 6.04 Å². The zero-order chi connectivity index (χ0) is 14.2. The average molecular weight is 265 g/mol. The van der Waals surface area contributed by atoms with E-state index in [-0.39, 0.29) is 5.41 Å². The molecule has 1 nitrogen and oxygen atoms in total. The van der Waals surface area contributed by atoms with E-state index >= 15 is 0 Å². The van der Waals surface area contributed by atoms with E-state index in [1.165, 1.54) is 35.2 Å². The summed E-state index contributed by atoms with van der Waals surface area (Å²) in [4.78, 5) is 0. The van der Waals surface area contributed by atoms with Gasteiger partial charge in [0.2, 0.25) is 0 Å². The van der Waals surface area contributed by atoms with Crippen molar-refractivity contribution >= 4 is 5.69 Å². The van der Waals surface area contributed by atoms with Crippen LogP contribution in [0.4, 0.5) is 5.69 Å². The standard InChI is InChI=1S/C19H23N/c1-14-8-10-16(11-9-14)20-18-17-7-5-4-6-15(17)12-13-19(18,2)3/h4-11,18,20H,12-13H2,1-3H3. The normalized spacial score (nSPS) is 20.2. The number of rotatable bonds is 2. The summed E-state index contributed by atoms with van der Waals surface area (Å²) in [6.07, 6.45) is 2.42. The Balaban J connectivity index is 1.95. The third-order valence-electron chi connectivity index (χ3n) is 4.55. The molecule has 0 heterocycles. The highest BCUT2D eigenvalue weighted by molar-refractivity contribution is 5.49. The Morgan fingerprint density at radius 2 is 1.70 bits per heavy atom. The molecule has 20 heavy (non-hydrogen) atoms. The monoisotopic (exact) mass is 265 g/mol. The number of hydrogen-bond acceptors (Lipinski definition) is 1. The molecule has 0 radical (unpaired) electrons. The van der Waals surface area contributed by atoms with E-state index < -0.39 is 0 Å². The van der Waals surface area contributed by atoms with Crippen molar-refractivity contribution in [3.05, 3.63) is 65.2 Å². The molecule has 2 aromatic rings. The van der Waals surface area contributed by atoms with Crippen LogP contribution >= 0.6 is 0 Å². The third-order valence-corrected chi connectivity index (χ3v) is 4.55. The Morgan fingerprint density at radius 3 is 2.45 bits per heavy atom. The van der Waals surface area contributed by atoms with Crippen molar-refractivity contribution in [3.63, 3.8) is 0 Å². The van der Waals surface area contributed by atoms with E-state index in [9.17, 15) is 0 Å². The number of aryl methyl sites for hydroxylation is 2. The zero-order valence-electron chi connectivity index (χ0n) is 12.6. The topological polar surface area (TPSA) is 12.0 Å². The lowest BCUT2D eigenvalue weighted by Gasteiger charge is -2.41. The van der Waals surface area contributed by atoms with E-state index in [2.05, 4.69) is 74.6 Å². The van der Waals surface area contributed by atoms with E-state index in [1.54, 1.807) is 0 Å². The lowest BCUT2D eigenvalue weighted by atomic mass is 9.70. The summed E-state index contributed by atoms with van der Waals surface area (Å²) in [5.41, 5.74) is 5.75. The van der Waals surface area contributed by atoms with Gasteiger partial charge in [0, 0.05) is 5.69 Å². The zero-order valence-corrected chi connectivity index (χ0v) is 12.6. The number of anilines is 1. The summed E-state index contributed by atoms with van der Waals surface area (Å²) in [7, 11) is 0. The molecule has 0 saturated carbocycles. The van der Waals surface area contributed by atoms with Gasteiger partial charge in [0.1, 0.15) is 0 Å². The summed E-state index contributed by atoms with van der Waals surface area (Å²) < 4.78 is 0. The molecule has 0 spiro atoms. The first-order chi connectivity index (χ1) is 9.56. The van der Waals surface area contributed by atoms with E-state index in [1.807, 2.05) is 0 Å². The van der Waals surface area contributed by atoms with Crippen LogP contribution in [0.15, 0.2) is 48.5 Å². The molecule has 0 bridgehead atoms. The van der Waals surface area contributed by atoms with Crippen LogP contribution in [-0.4, -0.2) is 0 Å². The van der Waals surface area contributed by atoms with Crippen LogP contribution in [0, 0.1) is 12.3 Å². The first-order valence-corrected chi connectivity index (χ1v) is 7.47. The van der Waals surface area contributed by atoms with Crippen LogP contribution in [-0.2, 0) is 6.42 Å². The van der Waals surface area contributed by atoms with Gasteiger partial charge in [-0.2, -0.15) is 0 Å². The van der Waals surface area contributed by atoms with Gasteiger partial charge in [-0.1, -0.05) is 55.8 Å². The largest absolute Gasteiger partial charge is 0.378 e. The first kappa shape index (κ1) is 13.2. The van der Waals surface area contributed by atoms with Crippen LogP contribution in [0.5, 0.6) is 0 Å². The molecule has 1 unspecified atom stereocenters. The van der Waals surface area contributed by atoms with Crippen molar-refractivity contribution in [2.45, 2.75) is 39.7 Å². The molecule has 104 valence electrons. The number of fused-ring (bicyclic) bond motifs is 1. The van der Waals surface area contributed by atoms with Gasteiger partial charge >= 0.3 is 0 Å². The fraction of sp³-hybridized carbons (Fsp3) is 0.368. The molecule has 0 amide bonds. The van der Waals surface area contributed by atoms with Crippen molar-refractivity contribution in [1.82, 2.24) is 0 Å². The quantitative estimate of drug-likeness (QED) is 0.794. The van der Waals surface area contributed by atoms with Gasteiger partial charge < -0.3 is 5.32 Å². The molecule has 0 fully saturated rings. The maximum atomic E-state index is 3.75. The minimum atomic E-state index is 0.277. The molecule has 1 atom stereocenters. The second-order valence-corrected chi connectivity index (χ2v) is 6.63. The molecular weight excluding hydrogens is 242 g/mol. The van der Waals surface area contributed by atoms with Crippen molar-refractivity contribution in [2.24, 2.45) is 5.41 Å². The molecule has 1 aliphatic rings. The van der Waals surface area contributed by atoms with Crippen molar-refractivity contribution < 1.29 is 0 Å². The first-order valence-electron chi connectivity index (χ1n) is 7.47. The maximum Gasteiger partial charge on any atom is 0.0567 e. The van der Waals surface area contributed by atoms with Gasteiger partial charge in [0.15, 0.2) is 0 Å². The molecule has 0 aliphatic heterocycles. The minimum Gasteiger partial charge on any atom is -0.378 e. The Hall–Kier alpha value is -1.76. The summed E-state index contributed by atoms with van der Waals surface area (Å²) in [6.45, 7) is 6.87. The summed E-state index contributed by atoms with van der Waals surface area (Å²) >= 11 is 0. The van der Waals surface area contributed by atoms with Crippen LogP contribution in [0.25, 0.3) is 0 Å². The highest BCUT2D eigenvalue weighted by Crippen LogP contribution is 2.45. The van der Waals surface area contributed by atoms with Gasteiger partial charge in [-0.15, -0.1) is 0 Å². The molecule has 3 rings (SSSR count). The SMILES string of the molecule is Cc1ccc(NC2c3ccccc3CCC2(C)C)cc1. The van der Waals surface area contributed by atoms with Gasteiger partial charge in [0.25, 0.3) is 0 Å². The average Bonchev–Trinajstić information content (AvgIpc) is 2.44. The van der Waals surface area contributed by atoms with Gasteiger partial charge in [-0.3, -0.25) is 0 Å². The van der Waals surface area contributed by atoms with Crippen molar-refractivity contribution in [1.29, 1.82) is 0 Å². The van der Waals surface area contributed by atoms with Gasteiger partial charge in [-0.05, 0) is 48.4 Å². The predicted molar refractivity (Wildman–Crippen MR) is 86.1 cm³/mol. The van der Waals surface area contributed by atoms with Crippen LogP contribution in [0.2, 0.25) is 0 Å². The summed E-state index contributed by atoms with van der Waals surface area (Å²) in [5.74, 6) is 0. The van der Waals surface area contributed by atoms with E-state index in [4.69, 9.17) is 0 Å². The van der Waals surface area contributed by atoms with Crippen LogP contribution < -0.4 is 5.32 Å². The van der Waals surface area contributed by atoms with Crippen molar-refractivity contribution in [2.75, 3.05) is 5.32 Å². The Morgan fingerprint density at radius 1 is 1.00 bits per heavy atom. The van der Waals surface area contributed by atoms with Crippen LogP contribution in [0.1, 0.15) is 43.0 Å². The van der Waals surface area contributed by atoms with E-state index in [0.717, 1.165) is 0 Å². The third kappa shape index (κ3) is 2.45. The molecule has 1 heteroatoms. The lowest BCUT2D eigenvalue weighted by molar-refractivity contribution is 0.265. The van der Waals surface area contributed by atoms with Crippen LogP contribution in [0.3, 0.4) is 0 Å². The molecule has 2 aromatic carbocycles. The number of hydrogen-bond donors (Lipinski definition) is 1. The highest BCUT2D eigenvalue weighted by Gasteiger charge is 2.35. The second kappa shape index (κ2) is 4.97. The molecule has 1 aliphatic carbocycles. The molecule has 0 aromatic heterocycles. The summed E-state index contributed by atoms with van der Waals surface area (Å²) in [6, 6.07) is 18.0. The molecule has 0 saturated heterocycles. The fourth-order valence-electron chi connectivity index (χ4n) is 3.16. The van der Waals surface area contributed by atoms with Gasteiger partial charge in [-0.25, -0.2) is 0 Å². The Kier molecular flexibility index (Phi) is 3.29. The highest BCUT2D eigenvalue weighted by atomic mass is 14.9. The molecule has 1 N–H and O–H groups in total. The number of nitrogens with one attached hydrogen (secondary N) is 1. The smallest absolute Gasteiger partial charge is 0.0567 e. The fourth-order valence-corrected chi connectivity index (χ4v) is 3.16. The van der Waals surface area contributed by atoms with Crippen molar-refractivity contribution in [3.8, 4) is 0 Å². The lowest BCUT2D eigenvalue weighted by Crippen LogP contribution is -2.33. The summed E-state index contributed by atoms with van der Waals surface area (Å²) in [5, 5.41) is 3.75.